The first-order valence-electron chi connectivity index (χ1n) is 8.69. The van der Waals surface area contributed by atoms with Gasteiger partial charge in [-0.15, -0.1) is 0 Å². The van der Waals surface area contributed by atoms with Gasteiger partial charge in [0.25, 0.3) is 0 Å². The third-order valence-corrected chi connectivity index (χ3v) is 4.54. The van der Waals surface area contributed by atoms with Crippen LogP contribution in [0.4, 0.5) is 0 Å². The van der Waals surface area contributed by atoms with Gasteiger partial charge >= 0.3 is 5.97 Å². The lowest BCUT2D eigenvalue weighted by molar-refractivity contribution is -0.133. The summed E-state index contributed by atoms with van der Waals surface area (Å²) in [5.74, 6) is -0.384. The van der Waals surface area contributed by atoms with Gasteiger partial charge in [-0.1, -0.05) is 47.6 Å². The van der Waals surface area contributed by atoms with Crippen molar-refractivity contribution in [2.75, 3.05) is 20.3 Å². The molecule has 1 unspecified atom stereocenters. The molecule has 0 saturated heterocycles. The van der Waals surface area contributed by atoms with E-state index in [1.165, 1.54) is 16.2 Å². The first kappa shape index (κ1) is 21.4. The van der Waals surface area contributed by atoms with Gasteiger partial charge in [0.15, 0.2) is 5.71 Å². The van der Waals surface area contributed by atoms with E-state index in [2.05, 4.69) is 50.7 Å². The highest BCUT2D eigenvalue weighted by Gasteiger charge is 2.13. The lowest BCUT2D eigenvalue weighted by Gasteiger charge is -2.16. The molecule has 2 rings (SSSR count). The Kier molecular flexibility index (Phi) is 9.27. The third-order valence-electron chi connectivity index (χ3n) is 3.87. The molecule has 0 N–H and O–H groups in total. The number of rotatable bonds is 10. The molecule has 0 aromatic heterocycles. The summed E-state index contributed by atoms with van der Waals surface area (Å²) in [4.78, 5) is 16.8. The van der Waals surface area contributed by atoms with Crippen LogP contribution < -0.4 is 0 Å². The number of carbonyl (C=O) groups is 1. The number of hydrogen-bond donors (Lipinski definition) is 0. The fourth-order valence-corrected chi connectivity index (χ4v) is 3.11. The predicted octanol–water partition coefficient (Wildman–Crippen LogP) is 4.23. The second kappa shape index (κ2) is 11.7. The van der Waals surface area contributed by atoms with Gasteiger partial charge in [-0.3, -0.25) is 0 Å². The summed E-state index contributed by atoms with van der Waals surface area (Å²) in [6, 6.07) is 18.4. The van der Waals surface area contributed by atoms with Gasteiger partial charge in [0.2, 0.25) is 0 Å². The molecule has 0 aliphatic carbocycles. The van der Waals surface area contributed by atoms with Crippen LogP contribution in [-0.4, -0.2) is 32.0 Å². The van der Waals surface area contributed by atoms with Crippen LogP contribution in [0.25, 0.3) is 0 Å². The zero-order valence-corrected chi connectivity index (χ0v) is 17.7. The maximum Gasteiger partial charge on any atom is 0.355 e. The Morgan fingerprint density at radius 2 is 1.81 bits per heavy atom. The van der Waals surface area contributed by atoms with Gasteiger partial charge in [-0.2, -0.15) is 0 Å². The van der Waals surface area contributed by atoms with E-state index in [4.69, 9.17) is 9.57 Å². The number of esters is 1. The van der Waals surface area contributed by atoms with Crippen LogP contribution in [0.1, 0.15) is 18.1 Å². The zero-order valence-electron chi connectivity index (χ0n) is 15.6. The summed E-state index contributed by atoms with van der Waals surface area (Å²) in [5.41, 5.74) is 2.54. The molecule has 0 radical (unpaired) electrons. The number of methoxy groups -OCH3 is 1. The Labute approximate surface area is 173 Å². The van der Waals surface area contributed by atoms with Gasteiger partial charge < -0.3 is 14.3 Å². The average Bonchev–Trinajstić information content (AvgIpc) is 2.68. The van der Waals surface area contributed by atoms with Crippen LogP contribution >= 0.6 is 22.6 Å². The van der Waals surface area contributed by atoms with Gasteiger partial charge in [0, 0.05) is 9.49 Å². The molecular weight excluding hydrogens is 457 g/mol. The quantitative estimate of drug-likeness (QED) is 0.221. The third kappa shape index (κ3) is 8.09. The molecule has 5 nitrogen and oxygen atoms in total. The number of halogens is 1. The number of carbonyl (C=O) groups excluding carboxylic acids is 1. The minimum atomic E-state index is -0.496. The highest BCUT2D eigenvalue weighted by molar-refractivity contribution is 14.1. The zero-order chi connectivity index (χ0) is 19.5. The smallest absolute Gasteiger partial charge is 0.355 e. The maximum atomic E-state index is 11.4. The molecule has 27 heavy (non-hydrogen) atoms. The molecule has 0 amide bonds. The molecule has 0 fully saturated rings. The predicted molar refractivity (Wildman–Crippen MR) is 114 cm³/mol. The van der Waals surface area contributed by atoms with Crippen molar-refractivity contribution in [3.63, 3.8) is 0 Å². The van der Waals surface area contributed by atoms with Crippen LogP contribution in [0.15, 0.2) is 59.8 Å². The molecule has 2 aromatic rings. The van der Waals surface area contributed by atoms with Crippen molar-refractivity contribution >= 4 is 34.3 Å². The van der Waals surface area contributed by atoms with Crippen LogP contribution in [0.5, 0.6) is 0 Å². The van der Waals surface area contributed by atoms with Crippen molar-refractivity contribution < 1.29 is 19.1 Å². The summed E-state index contributed by atoms with van der Waals surface area (Å²) < 4.78 is 11.7. The Balaban J connectivity index is 1.93. The van der Waals surface area contributed by atoms with Crippen molar-refractivity contribution in [1.82, 2.24) is 0 Å². The number of oxime groups is 1. The van der Waals surface area contributed by atoms with E-state index in [1.54, 1.807) is 6.92 Å². The Hall–Kier alpha value is -1.93. The molecule has 0 spiro atoms. The molecule has 0 bridgehead atoms. The van der Waals surface area contributed by atoms with Crippen molar-refractivity contribution in [3.05, 3.63) is 69.3 Å². The monoisotopic (exact) mass is 481 g/mol. The van der Waals surface area contributed by atoms with Crippen LogP contribution in [-0.2, 0) is 32.1 Å². The van der Waals surface area contributed by atoms with Crippen molar-refractivity contribution in [2.45, 2.75) is 20.0 Å². The van der Waals surface area contributed by atoms with E-state index in [0.717, 1.165) is 12.0 Å². The summed E-state index contributed by atoms with van der Waals surface area (Å²) in [5, 5.41) is 3.85. The van der Waals surface area contributed by atoms with Crippen LogP contribution in [0, 0.1) is 9.49 Å². The first-order chi connectivity index (χ1) is 13.1. The van der Waals surface area contributed by atoms with Gasteiger partial charge in [0.05, 0.1) is 20.3 Å². The van der Waals surface area contributed by atoms with Crippen molar-refractivity contribution in [3.8, 4) is 0 Å². The standard InChI is InChI=1S/C21H24INO4/c1-16(21(24)25-2)23-27-15-19(11-18-9-6-10-20(22)12-18)14-26-13-17-7-4-3-5-8-17/h3-10,12,19H,11,13-15H2,1-2H3/b23-16+. The Morgan fingerprint density at radius 1 is 1.07 bits per heavy atom. The largest absolute Gasteiger partial charge is 0.464 e. The van der Waals surface area contributed by atoms with E-state index in [1.807, 2.05) is 36.4 Å². The van der Waals surface area contributed by atoms with Crippen LogP contribution in [0.2, 0.25) is 0 Å². The van der Waals surface area contributed by atoms with Gasteiger partial charge in [-0.05, 0) is 59.2 Å². The topological polar surface area (TPSA) is 57.1 Å². The number of hydrogen-bond acceptors (Lipinski definition) is 5. The summed E-state index contributed by atoms with van der Waals surface area (Å²) in [6.45, 7) is 3.00. The molecule has 0 heterocycles. The summed E-state index contributed by atoms with van der Waals surface area (Å²) >= 11 is 2.30. The van der Waals surface area contributed by atoms with E-state index in [9.17, 15) is 4.79 Å². The number of ether oxygens (including phenoxy) is 2. The first-order valence-corrected chi connectivity index (χ1v) is 9.77. The molecule has 0 aliphatic heterocycles. The molecule has 1 atom stereocenters. The second-order valence-electron chi connectivity index (χ2n) is 6.16. The minimum Gasteiger partial charge on any atom is -0.464 e. The highest BCUT2D eigenvalue weighted by Crippen LogP contribution is 2.15. The van der Waals surface area contributed by atoms with E-state index < -0.39 is 5.97 Å². The lowest BCUT2D eigenvalue weighted by atomic mass is 10.0. The van der Waals surface area contributed by atoms with Crippen molar-refractivity contribution in [1.29, 1.82) is 0 Å². The van der Waals surface area contributed by atoms with E-state index in [0.29, 0.717) is 19.8 Å². The Morgan fingerprint density at radius 3 is 2.52 bits per heavy atom. The molecule has 2 aromatic carbocycles. The molecule has 6 heteroatoms. The maximum absolute atomic E-state index is 11.4. The Bertz CT molecular complexity index is 749. The fourth-order valence-electron chi connectivity index (χ4n) is 2.51. The van der Waals surface area contributed by atoms with E-state index >= 15 is 0 Å². The minimum absolute atomic E-state index is 0.112. The summed E-state index contributed by atoms with van der Waals surface area (Å²) in [6.07, 6.45) is 0.804. The average molecular weight is 481 g/mol. The second-order valence-corrected chi connectivity index (χ2v) is 7.41. The lowest BCUT2D eigenvalue weighted by Crippen LogP contribution is -2.19. The number of nitrogens with zero attached hydrogens (tertiary/aromatic N) is 1. The highest BCUT2D eigenvalue weighted by atomic mass is 127. The fraction of sp³-hybridized carbons (Fsp3) is 0.333. The summed E-state index contributed by atoms with van der Waals surface area (Å²) in [7, 11) is 1.32. The van der Waals surface area contributed by atoms with Gasteiger partial charge in [-0.25, -0.2) is 4.79 Å². The van der Waals surface area contributed by atoms with Crippen molar-refractivity contribution in [2.24, 2.45) is 11.1 Å². The normalized spacial score (nSPS) is 12.5. The molecule has 144 valence electrons. The molecule has 0 saturated carbocycles. The SMILES string of the molecule is COC(=O)/C(C)=N/OCC(COCc1ccccc1)Cc1cccc(I)c1. The molecular formula is C21H24INO4. The van der Waals surface area contributed by atoms with Gasteiger partial charge in [0.1, 0.15) is 6.61 Å². The number of benzene rings is 2. The molecule has 0 aliphatic rings. The van der Waals surface area contributed by atoms with E-state index in [-0.39, 0.29) is 11.6 Å². The van der Waals surface area contributed by atoms with Crippen LogP contribution in [0.3, 0.4) is 0 Å².